The van der Waals surface area contributed by atoms with E-state index in [0.29, 0.717) is 13.2 Å². The molecule has 0 aliphatic rings. The quantitative estimate of drug-likeness (QED) is 0.716. The van der Waals surface area contributed by atoms with Gasteiger partial charge in [0.05, 0.1) is 0 Å². The van der Waals surface area contributed by atoms with Crippen molar-refractivity contribution < 1.29 is 14.6 Å². The lowest BCUT2D eigenvalue weighted by Crippen LogP contribution is -2.36. The SMILES string of the molecule is Cc1ccc(OCCN[C@H](C)C(=O)O)cc1. The summed E-state index contributed by atoms with van der Waals surface area (Å²) in [6.07, 6.45) is 0. The second kappa shape index (κ2) is 6.12. The van der Waals surface area contributed by atoms with Gasteiger partial charge in [0, 0.05) is 6.54 Å². The summed E-state index contributed by atoms with van der Waals surface area (Å²) in [5.74, 6) is -0.0503. The molecule has 4 nitrogen and oxygen atoms in total. The van der Waals surface area contributed by atoms with Crippen LogP contribution in [0.4, 0.5) is 0 Å². The molecule has 0 spiro atoms. The van der Waals surface area contributed by atoms with Crippen molar-refractivity contribution in [2.75, 3.05) is 13.2 Å². The molecular weight excluding hydrogens is 206 g/mol. The number of aryl methyl sites for hydroxylation is 1. The molecule has 0 bridgehead atoms. The van der Waals surface area contributed by atoms with E-state index in [1.165, 1.54) is 5.56 Å². The number of hydrogen-bond donors (Lipinski definition) is 2. The smallest absolute Gasteiger partial charge is 0.320 e. The Kier molecular flexibility index (Phi) is 4.79. The van der Waals surface area contributed by atoms with Crippen molar-refractivity contribution in [2.24, 2.45) is 0 Å². The van der Waals surface area contributed by atoms with Crippen molar-refractivity contribution in [3.8, 4) is 5.75 Å². The van der Waals surface area contributed by atoms with Gasteiger partial charge in [0.1, 0.15) is 18.4 Å². The van der Waals surface area contributed by atoms with E-state index in [9.17, 15) is 4.79 Å². The van der Waals surface area contributed by atoms with Crippen LogP contribution >= 0.6 is 0 Å². The van der Waals surface area contributed by atoms with Crippen molar-refractivity contribution in [1.82, 2.24) is 5.32 Å². The Bertz CT molecular complexity index is 335. The maximum Gasteiger partial charge on any atom is 0.320 e. The summed E-state index contributed by atoms with van der Waals surface area (Å²) in [7, 11) is 0. The topological polar surface area (TPSA) is 58.6 Å². The second-order valence-corrected chi connectivity index (χ2v) is 3.68. The summed E-state index contributed by atoms with van der Waals surface area (Å²) in [5.41, 5.74) is 1.19. The van der Waals surface area contributed by atoms with E-state index >= 15 is 0 Å². The van der Waals surface area contributed by atoms with Crippen molar-refractivity contribution in [3.05, 3.63) is 29.8 Å². The van der Waals surface area contributed by atoms with Crippen molar-refractivity contribution >= 4 is 5.97 Å². The van der Waals surface area contributed by atoms with E-state index in [0.717, 1.165) is 5.75 Å². The molecule has 0 saturated carbocycles. The third-order valence-corrected chi connectivity index (χ3v) is 2.21. The standard InChI is InChI=1S/C12H17NO3/c1-9-3-5-11(6-4-9)16-8-7-13-10(2)12(14)15/h3-6,10,13H,7-8H2,1-2H3,(H,14,15)/t10-/m1/s1. The maximum absolute atomic E-state index is 10.5. The fourth-order valence-electron chi connectivity index (χ4n) is 1.17. The molecule has 0 aromatic heterocycles. The summed E-state index contributed by atoms with van der Waals surface area (Å²) in [6.45, 7) is 4.59. The highest BCUT2D eigenvalue weighted by molar-refractivity contribution is 5.72. The number of carboxylic acid groups (broad SMARTS) is 1. The summed E-state index contributed by atoms with van der Waals surface area (Å²) < 4.78 is 5.44. The number of benzene rings is 1. The lowest BCUT2D eigenvalue weighted by Gasteiger charge is -2.10. The van der Waals surface area contributed by atoms with E-state index in [2.05, 4.69) is 5.32 Å². The monoisotopic (exact) mass is 223 g/mol. The van der Waals surface area contributed by atoms with E-state index in [1.54, 1.807) is 6.92 Å². The minimum atomic E-state index is -0.852. The molecule has 0 amide bonds. The Hall–Kier alpha value is -1.55. The molecule has 0 heterocycles. The fraction of sp³-hybridized carbons (Fsp3) is 0.417. The number of rotatable bonds is 6. The molecule has 0 radical (unpaired) electrons. The zero-order valence-electron chi connectivity index (χ0n) is 9.56. The lowest BCUT2D eigenvalue weighted by atomic mass is 10.2. The van der Waals surface area contributed by atoms with E-state index in [1.807, 2.05) is 31.2 Å². The number of nitrogens with one attached hydrogen (secondary N) is 1. The minimum Gasteiger partial charge on any atom is -0.492 e. The number of carboxylic acids is 1. The van der Waals surface area contributed by atoms with Gasteiger partial charge in [0.2, 0.25) is 0 Å². The van der Waals surface area contributed by atoms with E-state index in [-0.39, 0.29) is 0 Å². The molecule has 2 N–H and O–H groups in total. The molecule has 1 rings (SSSR count). The van der Waals surface area contributed by atoms with Crippen molar-refractivity contribution in [3.63, 3.8) is 0 Å². The molecule has 0 unspecified atom stereocenters. The predicted molar refractivity (Wildman–Crippen MR) is 61.8 cm³/mol. The van der Waals surface area contributed by atoms with Crippen LogP contribution in [0.2, 0.25) is 0 Å². The van der Waals surface area contributed by atoms with Crippen LogP contribution in [0.3, 0.4) is 0 Å². The van der Waals surface area contributed by atoms with Gasteiger partial charge < -0.3 is 15.2 Å². The number of ether oxygens (including phenoxy) is 1. The molecule has 16 heavy (non-hydrogen) atoms. The van der Waals surface area contributed by atoms with Gasteiger partial charge in [-0.25, -0.2) is 0 Å². The molecule has 4 heteroatoms. The molecule has 0 aliphatic heterocycles. The zero-order valence-corrected chi connectivity index (χ0v) is 9.56. The van der Waals surface area contributed by atoms with Crippen molar-refractivity contribution in [2.45, 2.75) is 19.9 Å². The van der Waals surface area contributed by atoms with Gasteiger partial charge in [-0.2, -0.15) is 0 Å². The number of hydrogen-bond acceptors (Lipinski definition) is 3. The molecule has 0 fully saturated rings. The van der Waals surface area contributed by atoms with Gasteiger partial charge >= 0.3 is 5.97 Å². The molecule has 1 aromatic carbocycles. The molecule has 1 aromatic rings. The first-order chi connectivity index (χ1) is 7.59. The van der Waals surface area contributed by atoms with Crippen LogP contribution in [-0.2, 0) is 4.79 Å². The Balaban J connectivity index is 2.21. The van der Waals surface area contributed by atoms with Crippen LogP contribution in [0.25, 0.3) is 0 Å². The average Bonchev–Trinajstić information content (AvgIpc) is 2.26. The predicted octanol–water partition coefficient (Wildman–Crippen LogP) is 1.44. The van der Waals surface area contributed by atoms with Crippen LogP contribution < -0.4 is 10.1 Å². The zero-order chi connectivity index (χ0) is 12.0. The Labute approximate surface area is 95.2 Å². The second-order valence-electron chi connectivity index (χ2n) is 3.68. The summed E-state index contributed by atoms with van der Waals surface area (Å²) in [4.78, 5) is 10.5. The first-order valence-electron chi connectivity index (χ1n) is 5.25. The first-order valence-corrected chi connectivity index (χ1v) is 5.25. The third kappa shape index (κ3) is 4.31. The Morgan fingerprint density at radius 3 is 2.62 bits per heavy atom. The average molecular weight is 223 g/mol. The van der Waals surface area contributed by atoms with Crippen LogP contribution in [0.5, 0.6) is 5.75 Å². The van der Waals surface area contributed by atoms with Gasteiger partial charge in [0.25, 0.3) is 0 Å². The molecule has 1 atom stereocenters. The third-order valence-electron chi connectivity index (χ3n) is 2.21. The molecule has 88 valence electrons. The Morgan fingerprint density at radius 1 is 1.44 bits per heavy atom. The fourth-order valence-corrected chi connectivity index (χ4v) is 1.17. The van der Waals surface area contributed by atoms with Crippen LogP contribution in [-0.4, -0.2) is 30.3 Å². The first kappa shape index (κ1) is 12.5. The van der Waals surface area contributed by atoms with Crippen LogP contribution in [0.1, 0.15) is 12.5 Å². The summed E-state index contributed by atoms with van der Waals surface area (Å²) in [5, 5.41) is 11.5. The highest BCUT2D eigenvalue weighted by atomic mass is 16.5. The molecule has 0 aliphatic carbocycles. The molecule has 0 saturated heterocycles. The minimum absolute atomic E-state index is 0.459. The van der Waals surface area contributed by atoms with E-state index in [4.69, 9.17) is 9.84 Å². The normalized spacial score (nSPS) is 12.1. The number of carbonyl (C=O) groups is 1. The lowest BCUT2D eigenvalue weighted by molar-refractivity contribution is -0.139. The number of aliphatic carboxylic acids is 1. The Morgan fingerprint density at radius 2 is 2.06 bits per heavy atom. The van der Waals surface area contributed by atoms with Crippen molar-refractivity contribution in [1.29, 1.82) is 0 Å². The maximum atomic E-state index is 10.5. The summed E-state index contributed by atoms with van der Waals surface area (Å²) in [6, 6.07) is 7.21. The van der Waals surface area contributed by atoms with Gasteiger partial charge in [-0.15, -0.1) is 0 Å². The highest BCUT2D eigenvalue weighted by Crippen LogP contribution is 2.10. The van der Waals surface area contributed by atoms with E-state index < -0.39 is 12.0 Å². The summed E-state index contributed by atoms with van der Waals surface area (Å²) >= 11 is 0. The van der Waals surface area contributed by atoms with Crippen LogP contribution in [0, 0.1) is 6.92 Å². The molecular formula is C12H17NO3. The highest BCUT2D eigenvalue weighted by Gasteiger charge is 2.08. The largest absolute Gasteiger partial charge is 0.492 e. The van der Waals surface area contributed by atoms with Gasteiger partial charge in [-0.3, -0.25) is 4.79 Å². The van der Waals surface area contributed by atoms with Gasteiger partial charge in [-0.1, -0.05) is 17.7 Å². The van der Waals surface area contributed by atoms with Gasteiger partial charge in [-0.05, 0) is 26.0 Å². The van der Waals surface area contributed by atoms with Crippen LogP contribution in [0.15, 0.2) is 24.3 Å². The van der Waals surface area contributed by atoms with Gasteiger partial charge in [0.15, 0.2) is 0 Å².